The summed E-state index contributed by atoms with van der Waals surface area (Å²) in [5.41, 5.74) is 2.72. The highest BCUT2D eigenvalue weighted by Crippen LogP contribution is 2.74. The van der Waals surface area contributed by atoms with Gasteiger partial charge in [-0.25, -0.2) is 0 Å². The van der Waals surface area contributed by atoms with E-state index >= 15 is 0 Å². The van der Waals surface area contributed by atoms with Gasteiger partial charge in [-0.05, 0) is 123 Å². The molecule has 248 valence electrons. The number of ether oxygens (including phenoxy) is 2. The molecule has 10 atom stereocenters. The number of nitrogens with one attached hydrogen (secondary N) is 1. The van der Waals surface area contributed by atoms with E-state index in [0.29, 0.717) is 48.6 Å². The predicted octanol–water partition coefficient (Wildman–Crippen LogP) is 7.23. The lowest BCUT2D eigenvalue weighted by atomic mass is 9.36. The molecule has 1 amide bonds. The maximum atomic E-state index is 14.3. The average molecular weight is 622 g/mol. The molecule has 1 aromatic carbocycles. The van der Waals surface area contributed by atoms with Crippen molar-refractivity contribution in [1.29, 1.82) is 0 Å². The van der Waals surface area contributed by atoms with Crippen LogP contribution in [0.4, 0.5) is 5.69 Å². The number of esters is 1. The number of amides is 1. The minimum absolute atomic E-state index is 0.0528. The summed E-state index contributed by atoms with van der Waals surface area (Å²) >= 11 is 0. The molecule has 1 aromatic rings. The van der Waals surface area contributed by atoms with Gasteiger partial charge in [0, 0.05) is 24.3 Å². The third-order valence-electron chi connectivity index (χ3n) is 12.9. The Labute approximate surface area is 269 Å². The first-order valence-electron chi connectivity index (χ1n) is 17.0. The van der Waals surface area contributed by atoms with Gasteiger partial charge in [-0.15, -0.1) is 0 Å². The van der Waals surface area contributed by atoms with E-state index in [1.54, 1.807) is 13.2 Å². The van der Waals surface area contributed by atoms with Crippen LogP contribution in [-0.2, 0) is 14.3 Å². The van der Waals surface area contributed by atoms with Gasteiger partial charge in [-0.2, -0.15) is 0 Å². The fourth-order valence-electron chi connectivity index (χ4n) is 10.7. The molecule has 0 aliphatic heterocycles. The summed E-state index contributed by atoms with van der Waals surface area (Å²) < 4.78 is 11.5. The van der Waals surface area contributed by atoms with Crippen LogP contribution < -0.4 is 10.1 Å². The number of anilines is 1. The minimum Gasteiger partial charge on any atom is -0.497 e. The molecule has 4 fully saturated rings. The maximum absolute atomic E-state index is 14.3. The highest BCUT2D eigenvalue weighted by Gasteiger charge is 2.70. The van der Waals surface area contributed by atoms with Crippen molar-refractivity contribution in [3.8, 4) is 5.75 Å². The normalized spacial score (nSPS) is 39.9. The summed E-state index contributed by atoms with van der Waals surface area (Å²) in [6.45, 7) is 14.8. The molecule has 0 heterocycles. The van der Waals surface area contributed by atoms with Crippen LogP contribution in [0.15, 0.2) is 47.1 Å². The molecule has 4 aliphatic carbocycles. The molecule has 0 bridgehead atoms. The lowest BCUT2D eigenvalue weighted by molar-refractivity contribution is -0.234. The molecule has 0 spiro atoms. The first kappa shape index (κ1) is 33.7. The van der Waals surface area contributed by atoms with Gasteiger partial charge in [0.15, 0.2) is 0 Å². The first-order valence-corrected chi connectivity index (χ1v) is 17.0. The van der Waals surface area contributed by atoms with E-state index < -0.39 is 12.2 Å². The van der Waals surface area contributed by atoms with Crippen molar-refractivity contribution in [2.24, 2.45) is 39.9 Å². The zero-order chi connectivity index (χ0) is 32.9. The zero-order valence-corrected chi connectivity index (χ0v) is 28.6. The van der Waals surface area contributed by atoms with Gasteiger partial charge in [-0.1, -0.05) is 45.4 Å². The van der Waals surface area contributed by atoms with E-state index in [4.69, 9.17) is 9.47 Å². The quantitative estimate of drug-likeness (QED) is 0.169. The summed E-state index contributed by atoms with van der Waals surface area (Å²) in [6, 6.07) is 7.33. The molecule has 45 heavy (non-hydrogen) atoms. The van der Waals surface area contributed by atoms with E-state index in [9.17, 15) is 19.8 Å². The van der Waals surface area contributed by atoms with Gasteiger partial charge >= 0.3 is 5.97 Å². The van der Waals surface area contributed by atoms with E-state index in [2.05, 4.69) is 52.9 Å². The lowest BCUT2D eigenvalue weighted by Crippen LogP contribution is -2.65. The molecule has 0 aromatic heterocycles. The van der Waals surface area contributed by atoms with Crippen molar-refractivity contribution in [2.45, 2.75) is 118 Å². The molecule has 4 saturated carbocycles. The van der Waals surface area contributed by atoms with Gasteiger partial charge in [0.25, 0.3) is 5.91 Å². The average Bonchev–Trinajstić information content (AvgIpc) is 3.24. The molecule has 5 rings (SSSR count). The van der Waals surface area contributed by atoms with Crippen LogP contribution in [-0.4, -0.2) is 47.5 Å². The number of carbonyl (C=O) groups excluding carboxylic acids is 2. The standard InChI is InChI=1S/C38H55NO6/c1-22(2)11-9-14-27(35(43)39-25-12-10-13-26(19-25)44-8)33-29-20-31(42)34-36(5)17-16-30(41)23(3)28(36)15-18-37(34,6)38(29,7)21-32(33)45-24(4)40/h10-13,19,23,28-32,34,41-42H,9,14-18,20-21H2,1-8H3,(H,39,43)/b33-27-/t23-,28-,29-,30+,31+,32-,34-,36-,37-,38-/m0/s1. The number of benzene rings is 1. The third-order valence-corrected chi connectivity index (χ3v) is 12.9. The molecular formula is C38H55NO6. The molecular weight excluding hydrogens is 566 g/mol. The van der Waals surface area contributed by atoms with Crippen LogP contribution in [0.3, 0.4) is 0 Å². The number of hydrogen-bond donors (Lipinski definition) is 3. The zero-order valence-electron chi connectivity index (χ0n) is 28.6. The second-order valence-corrected chi connectivity index (χ2v) is 15.5. The van der Waals surface area contributed by atoms with E-state index in [-0.39, 0.29) is 52.0 Å². The van der Waals surface area contributed by atoms with Gasteiger partial charge < -0.3 is 25.0 Å². The number of methoxy groups -OCH3 is 1. The minimum atomic E-state index is -0.560. The van der Waals surface area contributed by atoms with Crippen LogP contribution >= 0.6 is 0 Å². The maximum Gasteiger partial charge on any atom is 0.303 e. The number of aliphatic hydroxyl groups excluding tert-OH is 2. The Morgan fingerprint density at radius 3 is 2.44 bits per heavy atom. The Kier molecular flexibility index (Phi) is 9.38. The first-order chi connectivity index (χ1) is 21.2. The van der Waals surface area contributed by atoms with Crippen LogP contribution in [0.25, 0.3) is 0 Å². The van der Waals surface area contributed by atoms with Gasteiger partial charge in [0.2, 0.25) is 0 Å². The van der Waals surface area contributed by atoms with Crippen LogP contribution in [0.2, 0.25) is 0 Å². The fourth-order valence-corrected chi connectivity index (χ4v) is 10.7. The van der Waals surface area contributed by atoms with Crippen molar-refractivity contribution in [1.82, 2.24) is 0 Å². The van der Waals surface area contributed by atoms with Crippen molar-refractivity contribution in [3.63, 3.8) is 0 Å². The fraction of sp³-hybridized carbons (Fsp3) is 0.684. The Morgan fingerprint density at radius 2 is 1.78 bits per heavy atom. The van der Waals surface area contributed by atoms with Crippen molar-refractivity contribution in [3.05, 3.63) is 47.1 Å². The summed E-state index contributed by atoms with van der Waals surface area (Å²) in [4.78, 5) is 26.9. The van der Waals surface area contributed by atoms with E-state index in [0.717, 1.165) is 31.3 Å². The number of hydrogen-bond acceptors (Lipinski definition) is 6. The summed E-state index contributed by atoms with van der Waals surface area (Å²) in [6.07, 6.45) is 6.69. The molecule has 0 radical (unpaired) electrons. The number of fused-ring (bicyclic) bond motifs is 5. The topological polar surface area (TPSA) is 105 Å². The highest BCUT2D eigenvalue weighted by molar-refractivity contribution is 6.04. The summed E-state index contributed by atoms with van der Waals surface area (Å²) in [7, 11) is 1.60. The Balaban J connectivity index is 1.61. The molecule has 0 saturated heterocycles. The third kappa shape index (κ3) is 5.77. The number of aliphatic hydroxyl groups is 2. The second-order valence-electron chi connectivity index (χ2n) is 15.5. The van der Waals surface area contributed by atoms with Gasteiger partial charge in [0.1, 0.15) is 11.9 Å². The Hall–Kier alpha value is -2.64. The smallest absolute Gasteiger partial charge is 0.303 e. The molecule has 4 aliphatic rings. The molecule has 0 unspecified atom stereocenters. The molecule has 3 N–H and O–H groups in total. The number of rotatable bonds is 7. The Morgan fingerprint density at radius 1 is 1.04 bits per heavy atom. The largest absolute Gasteiger partial charge is 0.497 e. The van der Waals surface area contributed by atoms with Gasteiger partial charge in [-0.3, -0.25) is 9.59 Å². The van der Waals surface area contributed by atoms with Crippen molar-refractivity contribution >= 4 is 17.6 Å². The van der Waals surface area contributed by atoms with Gasteiger partial charge in [0.05, 0.1) is 19.3 Å². The lowest BCUT2D eigenvalue weighted by Gasteiger charge is -2.69. The monoisotopic (exact) mass is 621 g/mol. The van der Waals surface area contributed by atoms with E-state index in [1.165, 1.54) is 12.5 Å². The predicted molar refractivity (Wildman–Crippen MR) is 177 cm³/mol. The second kappa shape index (κ2) is 12.5. The van der Waals surface area contributed by atoms with Crippen LogP contribution in [0.5, 0.6) is 5.75 Å². The Bertz CT molecular complexity index is 1360. The summed E-state index contributed by atoms with van der Waals surface area (Å²) in [5, 5.41) is 26.1. The number of allylic oxidation sites excluding steroid dienone is 2. The SMILES string of the molecule is COc1cccc(NC(=O)/C(CCC=C(C)C)=C2\[C@@H](OC(C)=O)C[C@@]3(C)[C@H]2C[C@@H](O)[C@H]2[C@@]4(C)CC[C@@H](O)[C@@H](C)[C@@H]4CC[C@@]23C)c1. The summed E-state index contributed by atoms with van der Waals surface area (Å²) in [5.74, 6) is 0.586. The van der Waals surface area contributed by atoms with Crippen LogP contribution in [0, 0.1) is 39.9 Å². The highest BCUT2D eigenvalue weighted by atomic mass is 16.5. The van der Waals surface area contributed by atoms with Crippen molar-refractivity contribution in [2.75, 3.05) is 12.4 Å². The molecule has 7 heteroatoms. The van der Waals surface area contributed by atoms with E-state index in [1.807, 2.05) is 18.2 Å². The number of carbonyl (C=O) groups is 2. The van der Waals surface area contributed by atoms with Crippen molar-refractivity contribution < 1.29 is 29.3 Å². The molecule has 7 nitrogen and oxygen atoms in total. The van der Waals surface area contributed by atoms with Crippen LogP contribution in [0.1, 0.15) is 99.8 Å².